The summed E-state index contributed by atoms with van der Waals surface area (Å²) in [5.74, 6) is 2.01. The second kappa shape index (κ2) is 9.55. The average molecular weight is 566 g/mol. The lowest BCUT2D eigenvalue weighted by atomic mass is 9.99. The van der Waals surface area contributed by atoms with Crippen LogP contribution in [-0.2, 0) is 0 Å². The molecule has 0 fully saturated rings. The van der Waals surface area contributed by atoms with Crippen molar-refractivity contribution in [2.75, 3.05) is 0 Å². The van der Waals surface area contributed by atoms with E-state index in [1.165, 1.54) is 36.3 Å². The fourth-order valence-electron chi connectivity index (χ4n) is 6.14. The molecule has 2 aromatic heterocycles. The molecule has 0 aliphatic heterocycles. The third-order valence-electron chi connectivity index (χ3n) is 8.28. The first-order valence-corrected chi connectivity index (χ1v) is 15.2. The second-order valence-electron chi connectivity index (χ2n) is 10.9. The van der Waals surface area contributed by atoms with Crippen LogP contribution in [0.2, 0.25) is 0 Å². The lowest BCUT2D eigenvalue weighted by Crippen LogP contribution is -2.00. The molecular weight excluding hydrogens is 543 g/mol. The van der Waals surface area contributed by atoms with Crippen LogP contribution in [-0.4, -0.2) is 15.0 Å². The fourth-order valence-corrected chi connectivity index (χ4v) is 7.36. The number of hydrogen-bond acceptors (Lipinski definition) is 4. The summed E-state index contributed by atoms with van der Waals surface area (Å²) < 4.78 is 2.57. The van der Waals surface area contributed by atoms with E-state index in [4.69, 9.17) is 15.0 Å². The molecular formula is C39H23N3S. The number of fused-ring (bicyclic) bond motifs is 7. The van der Waals surface area contributed by atoms with Crippen LogP contribution in [0.5, 0.6) is 0 Å². The Kier molecular flexibility index (Phi) is 5.37. The molecule has 0 saturated carbocycles. The molecule has 4 heteroatoms. The third kappa shape index (κ3) is 3.99. The Balaban J connectivity index is 1.35. The first kappa shape index (κ1) is 24.2. The van der Waals surface area contributed by atoms with Gasteiger partial charge in [0, 0.05) is 42.2 Å². The van der Waals surface area contributed by atoms with E-state index in [2.05, 4.69) is 140 Å². The summed E-state index contributed by atoms with van der Waals surface area (Å²) in [7, 11) is 0. The summed E-state index contributed by atoms with van der Waals surface area (Å²) in [4.78, 5) is 15.4. The molecule has 0 spiro atoms. The second-order valence-corrected chi connectivity index (χ2v) is 11.9. The highest BCUT2D eigenvalue weighted by molar-refractivity contribution is 7.26. The zero-order chi connectivity index (χ0) is 28.3. The number of thiophene rings is 1. The van der Waals surface area contributed by atoms with Gasteiger partial charge in [-0.05, 0) is 51.2 Å². The molecule has 0 aliphatic rings. The predicted molar refractivity (Wildman–Crippen MR) is 182 cm³/mol. The monoisotopic (exact) mass is 565 g/mol. The van der Waals surface area contributed by atoms with E-state index in [0.29, 0.717) is 17.5 Å². The minimum Gasteiger partial charge on any atom is -0.208 e. The Bertz CT molecular complexity index is 2430. The lowest BCUT2D eigenvalue weighted by molar-refractivity contribution is 1.08. The molecule has 0 aliphatic carbocycles. The van der Waals surface area contributed by atoms with Gasteiger partial charge in [-0.15, -0.1) is 11.3 Å². The van der Waals surface area contributed by atoms with Gasteiger partial charge in [0.2, 0.25) is 0 Å². The molecule has 0 N–H and O–H groups in total. The zero-order valence-electron chi connectivity index (χ0n) is 23.0. The number of benzene rings is 7. The van der Waals surface area contributed by atoms with Crippen molar-refractivity contribution in [1.82, 2.24) is 15.0 Å². The third-order valence-corrected chi connectivity index (χ3v) is 9.50. The molecule has 200 valence electrons. The van der Waals surface area contributed by atoms with Crippen LogP contribution in [0.25, 0.3) is 86.7 Å². The molecule has 7 aromatic carbocycles. The van der Waals surface area contributed by atoms with Crippen molar-refractivity contribution in [2.45, 2.75) is 0 Å². The Labute approximate surface area is 251 Å². The van der Waals surface area contributed by atoms with Crippen molar-refractivity contribution < 1.29 is 0 Å². The maximum absolute atomic E-state index is 5.17. The topological polar surface area (TPSA) is 38.7 Å². The molecule has 9 rings (SSSR count). The molecule has 0 saturated heterocycles. The standard InChI is InChI=1S/C39H23N3S/c1-3-11-26-21-28(19-17-24(26)9-1)37-40-38(29-20-18-25-10-2-4-12-27(25)22-29)42-39(41-37)34-23-33-31-14-7-8-16-35(31)43-36(33)32-15-6-5-13-30(32)34/h1-23H. The molecule has 0 amide bonds. The minimum absolute atomic E-state index is 0.665. The van der Waals surface area contributed by atoms with E-state index >= 15 is 0 Å². The van der Waals surface area contributed by atoms with Gasteiger partial charge >= 0.3 is 0 Å². The highest BCUT2D eigenvalue weighted by Crippen LogP contribution is 2.42. The first-order valence-electron chi connectivity index (χ1n) is 14.4. The van der Waals surface area contributed by atoms with Crippen molar-refractivity contribution in [3.8, 4) is 34.2 Å². The zero-order valence-corrected chi connectivity index (χ0v) is 23.8. The quantitative estimate of drug-likeness (QED) is 0.214. The molecule has 9 aromatic rings. The highest BCUT2D eigenvalue weighted by Gasteiger charge is 2.18. The molecule has 0 bridgehead atoms. The summed E-state index contributed by atoms with van der Waals surface area (Å²) in [5, 5.41) is 9.55. The van der Waals surface area contributed by atoms with E-state index in [1.54, 1.807) is 0 Å². The van der Waals surface area contributed by atoms with Gasteiger partial charge < -0.3 is 0 Å². The summed E-state index contributed by atoms with van der Waals surface area (Å²) in [6, 6.07) is 49.2. The van der Waals surface area contributed by atoms with E-state index in [0.717, 1.165) is 32.8 Å². The van der Waals surface area contributed by atoms with Gasteiger partial charge in [0.1, 0.15) is 0 Å². The average Bonchev–Trinajstić information content (AvgIpc) is 3.46. The summed E-state index contributed by atoms with van der Waals surface area (Å²) >= 11 is 1.84. The van der Waals surface area contributed by atoms with Crippen molar-refractivity contribution >= 4 is 63.8 Å². The van der Waals surface area contributed by atoms with Gasteiger partial charge in [-0.25, -0.2) is 15.0 Å². The van der Waals surface area contributed by atoms with Gasteiger partial charge in [0.15, 0.2) is 17.5 Å². The first-order chi connectivity index (χ1) is 21.3. The van der Waals surface area contributed by atoms with Gasteiger partial charge in [-0.3, -0.25) is 0 Å². The molecule has 2 heterocycles. The van der Waals surface area contributed by atoms with E-state index in [9.17, 15) is 0 Å². The molecule has 3 nitrogen and oxygen atoms in total. The van der Waals surface area contributed by atoms with Crippen molar-refractivity contribution in [1.29, 1.82) is 0 Å². The number of aromatic nitrogens is 3. The number of nitrogens with zero attached hydrogens (tertiary/aromatic N) is 3. The largest absolute Gasteiger partial charge is 0.208 e. The van der Waals surface area contributed by atoms with Crippen LogP contribution < -0.4 is 0 Å². The fraction of sp³-hybridized carbons (Fsp3) is 0. The van der Waals surface area contributed by atoms with Gasteiger partial charge in [-0.1, -0.05) is 115 Å². The Morgan fingerprint density at radius 1 is 0.372 bits per heavy atom. The molecule has 0 unspecified atom stereocenters. The Morgan fingerprint density at radius 3 is 1.53 bits per heavy atom. The van der Waals surface area contributed by atoms with Crippen molar-refractivity contribution in [2.24, 2.45) is 0 Å². The number of rotatable bonds is 3. The smallest absolute Gasteiger partial charge is 0.164 e. The maximum atomic E-state index is 5.17. The molecule has 0 radical (unpaired) electrons. The Morgan fingerprint density at radius 2 is 0.884 bits per heavy atom. The maximum Gasteiger partial charge on any atom is 0.164 e. The van der Waals surface area contributed by atoms with Crippen LogP contribution >= 0.6 is 11.3 Å². The lowest BCUT2D eigenvalue weighted by Gasteiger charge is -2.12. The van der Waals surface area contributed by atoms with Crippen LogP contribution in [0.1, 0.15) is 0 Å². The van der Waals surface area contributed by atoms with Crippen LogP contribution in [0, 0.1) is 0 Å². The van der Waals surface area contributed by atoms with Crippen LogP contribution in [0.3, 0.4) is 0 Å². The Hall–Kier alpha value is -5.45. The van der Waals surface area contributed by atoms with Crippen LogP contribution in [0.15, 0.2) is 140 Å². The van der Waals surface area contributed by atoms with Crippen molar-refractivity contribution in [3.63, 3.8) is 0 Å². The predicted octanol–water partition coefficient (Wildman–Crippen LogP) is 10.7. The SMILES string of the molecule is c1ccc2cc(-c3nc(-c4ccc5ccccc5c4)nc(-c4cc5c6ccccc6sc5c5ccccc45)n3)ccc2c1. The van der Waals surface area contributed by atoms with Crippen molar-refractivity contribution in [3.05, 3.63) is 140 Å². The molecule has 0 atom stereocenters. The normalized spacial score (nSPS) is 11.7. The van der Waals surface area contributed by atoms with Crippen LogP contribution in [0.4, 0.5) is 0 Å². The molecule has 43 heavy (non-hydrogen) atoms. The highest BCUT2D eigenvalue weighted by atomic mass is 32.1. The van der Waals surface area contributed by atoms with E-state index in [-0.39, 0.29) is 0 Å². The summed E-state index contributed by atoms with van der Waals surface area (Å²) in [5.41, 5.74) is 2.95. The van der Waals surface area contributed by atoms with E-state index in [1.807, 2.05) is 11.3 Å². The summed E-state index contributed by atoms with van der Waals surface area (Å²) in [6.45, 7) is 0. The van der Waals surface area contributed by atoms with E-state index < -0.39 is 0 Å². The number of hydrogen-bond donors (Lipinski definition) is 0. The van der Waals surface area contributed by atoms with Gasteiger partial charge in [0.05, 0.1) is 0 Å². The van der Waals surface area contributed by atoms with Gasteiger partial charge in [0.25, 0.3) is 0 Å². The minimum atomic E-state index is 0.665. The van der Waals surface area contributed by atoms with Gasteiger partial charge in [-0.2, -0.15) is 0 Å². The summed E-state index contributed by atoms with van der Waals surface area (Å²) in [6.07, 6.45) is 0.